The van der Waals surface area contributed by atoms with Crippen molar-refractivity contribution in [2.24, 2.45) is 0 Å². The van der Waals surface area contributed by atoms with Crippen LogP contribution in [-0.4, -0.2) is 38.3 Å². The van der Waals surface area contributed by atoms with Crippen molar-refractivity contribution in [2.45, 2.75) is 11.4 Å². The van der Waals surface area contributed by atoms with Crippen molar-refractivity contribution in [1.82, 2.24) is 10.2 Å². The molecule has 1 fully saturated rings. The largest absolute Gasteiger partial charge is 0.363 e. The molecule has 2 atom stereocenters. The van der Waals surface area contributed by atoms with Crippen LogP contribution < -0.4 is 5.32 Å². The van der Waals surface area contributed by atoms with Gasteiger partial charge in [-0.15, -0.1) is 6.58 Å². The molecular formula is C13H12N2O3S. The Balaban J connectivity index is 2.25. The molecule has 0 radical (unpaired) electrons. The average molecular weight is 276 g/mol. The fourth-order valence-corrected chi connectivity index (χ4v) is 3.08. The van der Waals surface area contributed by atoms with E-state index < -0.39 is 17.2 Å². The minimum atomic E-state index is -2.12. The number of benzene rings is 1. The highest BCUT2D eigenvalue weighted by molar-refractivity contribution is 7.80. The minimum Gasteiger partial charge on any atom is -0.363 e. The number of rotatable bonds is 2. The number of hydrogen-bond donors (Lipinski definition) is 3. The first kappa shape index (κ1) is 12.3. The summed E-state index contributed by atoms with van der Waals surface area (Å²) in [4.78, 5) is 13.7. The van der Waals surface area contributed by atoms with Gasteiger partial charge in [-0.25, -0.2) is 0 Å². The summed E-state index contributed by atoms with van der Waals surface area (Å²) in [5.74, 6) is -0.570. The Morgan fingerprint density at radius 1 is 1.42 bits per heavy atom. The lowest BCUT2D eigenvalue weighted by Crippen LogP contribution is -2.59. The summed E-state index contributed by atoms with van der Waals surface area (Å²) in [5, 5.41) is 24.3. The van der Waals surface area contributed by atoms with E-state index in [1.165, 1.54) is 11.0 Å². The number of nitrogens with zero attached hydrogens (tertiary/aromatic N) is 1. The molecule has 2 aliphatic rings. The Kier molecular flexibility index (Phi) is 2.35. The first-order valence-corrected chi connectivity index (χ1v) is 6.17. The van der Waals surface area contributed by atoms with Gasteiger partial charge in [-0.2, -0.15) is 0 Å². The van der Waals surface area contributed by atoms with E-state index in [0.29, 0.717) is 5.56 Å². The van der Waals surface area contributed by atoms with Gasteiger partial charge in [-0.3, -0.25) is 4.79 Å². The molecule has 1 aromatic rings. The van der Waals surface area contributed by atoms with Crippen LogP contribution >= 0.6 is 12.2 Å². The van der Waals surface area contributed by atoms with Crippen molar-refractivity contribution in [2.75, 3.05) is 6.54 Å². The monoisotopic (exact) mass is 276 g/mol. The zero-order valence-electron chi connectivity index (χ0n) is 9.96. The summed E-state index contributed by atoms with van der Waals surface area (Å²) in [6.45, 7) is 3.72. The summed E-state index contributed by atoms with van der Waals surface area (Å²) in [7, 11) is 0. The van der Waals surface area contributed by atoms with Crippen molar-refractivity contribution in [3.8, 4) is 0 Å². The van der Waals surface area contributed by atoms with Crippen LogP contribution in [0.25, 0.3) is 0 Å². The molecule has 0 bridgehead atoms. The van der Waals surface area contributed by atoms with Crippen molar-refractivity contribution in [1.29, 1.82) is 0 Å². The third-order valence-corrected chi connectivity index (χ3v) is 3.94. The second-order valence-electron chi connectivity index (χ2n) is 4.59. The van der Waals surface area contributed by atoms with Gasteiger partial charge in [0.05, 0.1) is 0 Å². The molecule has 3 N–H and O–H groups in total. The van der Waals surface area contributed by atoms with E-state index >= 15 is 0 Å². The normalized spacial score (nSPS) is 32.0. The average Bonchev–Trinajstić information content (AvgIpc) is 2.69. The van der Waals surface area contributed by atoms with Crippen LogP contribution in [-0.2, 0) is 5.72 Å². The summed E-state index contributed by atoms with van der Waals surface area (Å²) >= 11 is 5.08. The van der Waals surface area contributed by atoms with E-state index in [1.807, 2.05) is 0 Å². The number of fused-ring (bicyclic) bond motifs is 3. The molecule has 0 unspecified atom stereocenters. The third-order valence-electron chi connectivity index (χ3n) is 3.62. The number of carbonyl (C=O) groups excluding carboxylic acids is 1. The zero-order valence-corrected chi connectivity index (χ0v) is 10.8. The minimum absolute atomic E-state index is 0.118. The maximum Gasteiger partial charge on any atom is 0.258 e. The lowest BCUT2D eigenvalue weighted by molar-refractivity contribution is -0.161. The number of Topliss-reactive ketones (excluding diaryl/α,β-unsaturated/α-hetero) is 1. The summed E-state index contributed by atoms with van der Waals surface area (Å²) in [6, 6.07) is 6.54. The predicted octanol–water partition coefficient (Wildman–Crippen LogP) is 0.0927. The van der Waals surface area contributed by atoms with E-state index in [0.717, 1.165) is 0 Å². The fraction of sp³-hybridized carbons (Fsp3) is 0.231. The molecule has 1 heterocycles. The quantitative estimate of drug-likeness (QED) is 0.525. The predicted molar refractivity (Wildman–Crippen MR) is 72.3 cm³/mol. The number of aliphatic hydroxyl groups is 2. The topological polar surface area (TPSA) is 72.8 Å². The standard InChI is InChI=1S/C13H12N2O3S/c1-2-7-15-11(19)14-12(17)9-6-4-3-5-8(9)10(16)13(12,15)18/h2-6,17-18H,1,7H2,(H,14,19)/t12-,13+/m1/s1. The Labute approximate surface area is 115 Å². The van der Waals surface area contributed by atoms with Crippen molar-refractivity contribution < 1.29 is 15.0 Å². The number of hydrogen-bond acceptors (Lipinski definition) is 4. The maximum atomic E-state index is 12.5. The molecule has 1 saturated heterocycles. The molecule has 0 spiro atoms. The van der Waals surface area contributed by atoms with Crippen LogP contribution in [0.2, 0.25) is 0 Å². The summed E-state index contributed by atoms with van der Waals surface area (Å²) in [6.07, 6.45) is 1.51. The van der Waals surface area contributed by atoms with Crippen LogP contribution in [0, 0.1) is 0 Å². The van der Waals surface area contributed by atoms with Crippen molar-refractivity contribution >= 4 is 23.1 Å². The van der Waals surface area contributed by atoms with E-state index in [1.54, 1.807) is 24.3 Å². The molecule has 1 aliphatic heterocycles. The van der Waals surface area contributed by atoms with Gasteiger partial charge in [0.15, 0.2) is 5.11 Å². The highest BCUT2D eigenvalue weighted by Crippen LogP contribution is 2.47. The Morgan fingerprint density at radius 2 is 2.11 bits per heavy atom. The first-order valence-electron chi connectivity index (χ1n) is 5.76. The van der Waals surface area contributed by atoms with Crippen LogP contribution in [0.15, 0.2) is 36.9 Å². The molecule has 19 heavy (non-hydrogen) atoms. The highest BCUT2D eigenvalue weighted by atomic mass is 32.1. The number of thiocarbonyl (C=S) groups is 1. The van der Waals surface area contributed by atoms with Gasteiger partial charge in [0.25, 0.3) is 5.72 Å². The smallest absolute Gasteiger partial charge is 0.258 e. The molecule has 0 amide bonds. The van der Waals surface area contributed by atoms with E-state index in [2.05, 4.69) is 11.9 Å². The SMILES string of the molecule is C=CCN1C(=S)N[C@@]2(O)c3ccccc3C(=O)[C@@]12O. The van der Waals surface area contributed by atoms with Gasteiger partial charge in [0.2, 0.25) is 11.5 Å². The number of carbonyl (C=O) groups is 1. The molecular weight excluding hydrogens is 264 g/mol. The van der Waals surface area contributed by atoms with Gasteiger partial charge in [-0.05, 0) is 12.2 Å². The molecule has 5 nitrogen and oxygen atoms in total. The second kappa shape index (κ2) is 3.63. The van der Waals surface area contributed by atoms with Crippen molar-refractivity contribution in [3.05, 3.63) is 48.0 Å². The number of ketones is 1. The van der Waals surface area contributed by atoms with Crippen molar-refractivity contribution in [3.63, 3.8) is 0 Å². The number of nitrogens with one attached hydrogen (secondary N) is 1. The summed E-state index contributed by atoms with van der Waals surface area (Å²) < 4.78 is 0. The van der Waals surface area contributed by atoms with Gasteiger partial charge < -0.3 is 20.4 Å². The lowest BCUT2D eigenvalue weighted by Gasteiger charge is -2.34. The molecule has 98 valence electrons. The Hall–Kier alpha value is -1.76. The van der Waals surface area contributed by atoms with Crippen LogP contribution in [0.1, 0.15) is 15.9 Å². The molecule has 1 aromatic carbocycles. The first-order chi connectivity index (χ1) is 8.96. The second-order valence-corrected chi connectivity index (χ2v) is 4.97. The summed E-state index contributed by atoms with van der Waals surface area (Å²) in [5.41, 5.74) is -3.42. The third kappa shape index (κ3) is 1.21. The molecule has 3 rings (SSSR count). The van der Waals surface area contributed by atoms with E-state index in [-0.39, 0.29) is 17.2 Å². The van der Waals surface area contributed by atoms with E-state index in [9.17, 15) is 15.0 Å². The highest BCUT2D eigenvalue weighted by Gasteiger charge is 2.70. The molecule has 1 aliphatic carbocycles. The fourth-order valence-electron chi connectivity index (χ4n) is 2.72. The maximum absolute atomic E-state index is 12.5. The van der Waals surface area contributed by atoms with Gasteiger partial charge in [0.1, 0.15) is 0 Å². The van der Waals surface area contributed by atoms with Gasteiger partial charge in [-0.1, -0.05) is 30.3 Å². The van der Waals surface area contributed by atoms with Crippen LogP contribution in [0.3, 0.4) is 0 Å². The zero-order chi connectivity index (χ0) is 13.8. The Morgan fingerprint density at radius 3 is 2.79 bits per heavy atom. The van der Waals surface area contributed by atoms with Crippen LogP contribution in [0.4, 0.5) is 0 Å². The molecule has 6 heteroatoms. The van der Waals surface area contributed by atoms with E-state index in [4.69, 9.17) is 12.2 Å². The lowest BCUT2D eigenvalue weighted by atomic mass is 10.00. The molecule has 0 aromatic heterocycles. The van der Waals surface area contributed by atoms with Gasteiger partial charge in [0, 0.05) is 17.7 Å². The molecule has 0 saturated carbocycles. The Bertz CT molecular complexity index is 618. The van der Waals surface area contributed by atoms with Crippen LogP contribution in [0.5, 0.6) is 0 Å². The van der Waals surface area contributed by atoms with Gasteiger partial charge >= 0.3 is 0 Å².